The lowest BCUT2D eigenvalue weighted by Crippen LogP contribution is -2.46. The molecule has 0 spiro atoms. The van der Waals surface area contributed by atoms with Gasteiger partial charge in [0, 0.05) is 60.6 Å². The van der Waals surface area contributed by atoms with Crippen LogP contribution < -0.4 is 10.1 Å². The molecule has 1 aliphatic carbocycles. The van der Waals surface area contributed by atoms with E-state index in [0.717, 1.165) is 52.8 Å². The number of rotatable bonds is 9. The molecule has 43 heavy (non-hydrogen) atoms. The number of thiazole rings is 1. The Hall–Kier alpha value is -3.55. The molecule has 13 heteroatoms. The minimum absolute atomic E-state index is 0.00501. The van der Waals surface area contributed by atoms with Crippen molar-refractivity contribution in [2.45, 2.75) is 38.6 Å². The molecule has 1 unspecified atom stereocenters. The minimum Gasteiger partial charge on any atom is -0.492 e. The highest BCUT2D eigenvalue weighted by atomic mass is 32.2. The molecule has 2 aliphatic heterocycles. The zero-order valence-corrected chi connectivity index (χ0v) is 26.2. The van der Waals surface area contributed by atoms with Gasteiger partial charge >= 0.3 is 6.09 Å². The van der Waals surface area contributed by atoms with Crippen molar-refractivity contribution < 1.29 is 22.7 Å². The van der Waals surface area contributed by atoms with Crippen LogP contribution >= 0.6 is 11.3 Å². The van der Waals surface area contributed by atoms with Gasteiger partial charge in [-0.25, -0.2) is 22.9 Å². The third kappa shape index (κ3) is 6.84. The number of likely N-dealkylation sites (tertiary alicyclic amines) is 1. The van der Waals surface area contributed by atoms with E-state index >= 15 is 0 Å². The summed E-state index contributed by atoms with van der Waals surface area (Å²) in [7, 11) is -2.96. The Morgan fingerprint density at radius 2 is 2.07 bits per heavy atom. The molecule has 1 fully saturated rings. The van der Waals surface area contributed by atoms with Crippen LogP contribution in [0, 0.1) is 5.92 Å². The fourth-order valence-corrected chi connectivity index (χ4v) is 7.02. The molecular weight excluding hydrogens is 589 g/mol. The van der Waals surface area contributed by atoms with Crippen molar-refractivity contribution in [2.75, 3.05) is 50.2 Å². The number of ether oxygens (including phenoxy) is 2. The summed E-state index contributed by atoms with van der Waals surface area (Å²) in [5, 5.41) is 7.95. The number of aromatic nitrogens is 4. The lowest BCUT2D eigenvalue weighted by Gasteiger charge is -2.39. The third-order valence-corrected chi connectivity index (χ3v) is 9.81. The number of carbonyl (C=O) groups is 1. The summed E-state index contributed by atoms with van der Waals surface area (Å²) in [5.74, 6) is 2.27. The van der Waals surface area contributed by atoms with Crippen molar-refractivity contribution in [2.24, 2.45) is 5.92 Å². The molecule has 11 nitrogen and oxygen atoms in total. The van der Waals surface area contributed by atoms with E-state index in [2.05, 4.69) is 44.6 Å². The summed E-state index contributed by atoms with van der Waals surface area (Å²) >= 11 is 1.56. The van der Waals surface area contributed by atoms with Gasteiger partial charge in [-0.3, -0.25) is 5.32 Å². The zero-order chi connectivity index (χ0) is 30.1. The second-order valence-corrected chi connectivity index (χ2v) is 14.9. The second-order valence-electron chi connectivity index (χ2n) is 11.6. The molecular formula is C30H36N6O5S2. The van der Waals surface area contributed by atoms with E-state index in [1.54, 1.807) is 16.0 Å². The van der Waals surface area contributed by atoms with Crippen molar-refractivity contribution in [3.63, 3.8) is 0 Å². The number of nitrogens with one attached hydrogen (secondary N) is 1. The van der Waals surface area contributed by atoms with E-state index in [0.29, 0.717) is 24.9 Å². The van der Waals surface area contributed by atoms with E-state index in [4.69, 9.17) is 14.5 Å². The summed E-state index contributed by atoms with van der Waals surface area (Å²) in [6, 6.07) is 6.30. The van der Waals surface area contributed by atoms with Crippen LogP contribution in [-0.2, 0) is 21.0 Å². The molecule has 6 rings (SSSR count). The largest absolute Gasteiger partial charge is 0.492 e. The molecule has 3 aromatic rings. The van der Waals surface area contributed by atoms with Crippen LogP contribution in [0.3, 0.4) is 0 Å². The van der Waals surface area contributed by atoms with Crippen LogP contribution in [0.1, 0.15) is 42.7 Å². The Bertz CT molecular complexity index is 1670. The van der Waals surface area contributed by atoms with E-state index in [-0.39, 0.29) is 30.3 Å². The highest BCUT2D eigenvalue weighted by Gasteiger charge is 2.30. The quantitative estimate of drug-likeness (QED) is 0.360. The second kappa shape index (κ2) is 12.2. The fraction of sp³-hybridized carbons (Fsp3) is 0.467. The molecule has 1 saturated heterocycles. The predicted octanol–water partition coefficient (Wildman–Crippen LogP) is 4.71. The van der Waals surface area contributed by atoms with Crippen LogP contribution in [0.25, 0.3) is 22.1 Å². The lowest BCUT2D eigenvalue weighted by molar-refractivity contribution is 0.149. The molecule has 1 amide bonds. The Morgan fingerprint density at radius 1 is 1.23 bits per heavy atom. The summed E-state index contributed by atoms with van der Waals surface area (Å²) in [6.45, 7) is 7.09. The van der Waals surface area contributed by atoms with Gasteiger partial charge in [0.05, 0.1) is 24.7 Å². The van der Waals surface area contributed by atoms with Gasteiger partial charge in [0.2, 0.25) is 0 Å². The number of nitrogens with zero attached hydrogens (tertiary/aromatic N) is 5. The van der Waals surface area contributed by atoms with E-state index in [1.807, 2.05) is 32.1 Å². The average molecular weight is 625 g/mol. The van der Waals surface area contributed by atoms with Gasteiger partial charge in [-0.1, -0.05) is 30.4 Å². The van der Waals surface area contributed by atoms with Gasteiger partial charge in [0.15, 0.2) is 10.8 Å². The van der Waals surface area contributed by atoms with Crippen molar-refractivity contribution in [1.82, 2.24) is 24.6 Å². The number of anilines is 1. The number of sulfone groups is 1. The number of allylic oxidation sites excluding steroid dienone is 3. The molecule has 1 N–H and O–H groups in total. The normalized spacial score (nSPS) is 18.5. The van der Waals surface area contributed by atoms with Crippen LogP contribution in [0.2, 0.25) is 0 Å². The standard InChI is InChI=1S/C30H36N6O5S2/c1-19(2)36-27(32-29(34-36)33-30(37)41-18-20-7-5-4-6-8-20)28-31-26-23-10-9-21(15-24(23)40-13-11-25(26)42-28)22-16-35(17-22)12-14-43(3,38)39/h4-7,9-10,15,19-20,22H,8,11-14,16-18H2,1-3H3,(H,33,34,37). The smallest absolute Gasteiger partial charge is 0.414 e. The number of hydrogen-bond donors (Lipinski definition) is 1. The van der Waals surface area contributed by atoms with Crippen molar-refractivity contribution in [1.29, 1.82) is 0 Å². The van der Waals surface area contributed by atoms with Crippen LogP contribution in [0.5, 0.6) is 5.75 Å². The molecule has 1 aromatic carbocycles. The zero-order valence-electron chi connectivity index (χ0n) is 24.5. The highest BCUT2D eigenvalue weighted by Crippen LogP contribution is 2.42. The first kappa shape index (κ1) is 29.5. The summed E-state index contributed by atoms with van der Waals surface area (Å²) < 4.78 is 36.3. The predicted molar refractivity (Wildman–Crippen MR) is 166 cm³/mol. The molecule has 4 heterocycles. The monoisotopic (exact) mass is 624 g/mol. The summed E-state index contributed by atoms with van der Waals surface area (Å²) in [5.41, 5.74) is 3.01. The molecule has 3 aliphatic rings. The number of fused-ring (bicyclic) bond motifs is 3. The molecule has 0 radical (unpaired) electrons. The first-order valence-electron chi connectivity index (χ1n) is 14.5. The molecule has 0 bridgehead atoms. The first-order valence-corrected chi connectivity index (χ1v) is 17.4. The van der Waals surface area contributed by atoms with Crippen molar-refractivity contribution in [3.05, 3.63) is 52.9 Å². The minimum atomic E-state index is -2.96. The Morgan fingerprint density at radius 3 is 2.81 bits per heavy atom. The van der Waals surface area contributed by atoms with Gasteiger partial charge in [-0.05, 0) is 38.0 Å². The number of carbonyl (C=O) groups excluding carboxylic acids is 1. The summed E-state index contributed by atoms with van der Waals surface area (Å²) in [6.07, 6.45) is 10.3. The lowest BCUT2D eigenvalue weighted by atomic mass is 9.90. The van der Waals surface area contributed by atoms with Crippen molar-refractivity contribution in [3.8, 4) is 27.8 Å². The SMILES string of the molecule is CC(C)n1nc(NC(=O)OCC2C=CC=CC2)nc1-c1nc2c(s1)CCOc1cc(C3CN(CCS(C)(=O)=O)C3)ccc1-2. The highest BCUT2D eigenvalue weighted by molar-refractivity contribution is 7.90. The van der Waals surface area contributed by atoms with E-state index in [1.165, 1.54) is 11.8 Å². The van der Waals surface area contributed by atoms with Crippen molar-refractivity contribution >= 4 is 33.2 Å². The number of amides is 1. The van der Waals surface area contributed by atoms with Gasteiger partial charge in [0.25, 0.3) is 5.95 Å². The topological polar surface area (TPSA) is 129 Å². The first-order chi connectivity index (χ1) is 20.6. The Balaban J connectivity index is 1.17. The average Bonchev–Trinajstić information content (AvgIpc) is 3.52. The Labute approximate surface area is 255 Å². The molecule has 2 aromatic heterocycles. The van der Waals surface area contributed by atoms with Crippen LogP contribution in [0.15, 0.2) is 42.5 Å². The fourth-order valence-electron chi connectivity index (χ4n) is 5.39. The molecule has 228 valence electrons. The maximum atomic E-state index is 12.5. The van der Waals surface area contributed by atoms with Gasteiger partial charge in [-0.2, -0.15) is 4.98 Å². The molecule has 0 saturated carbocycles. The van der Waals surface area contributed by atoms with Gasteiger partial charge in [-0.15, -0.1) is 16.4 Å². The maximum Gasteiger partial charge on any atom is 0.414 e. The number of benzene rings is 1. The maximum absolute atomic E-state index is 12.5. The Kier molecular flexibility index (Phi) is 8.38. The van der Waals surface area contributed by atoms with E-state index < -0.39 is 15.9 Å². The number of hydrogen-bond acceptors (Lipinski definition) is 10. The molecule has 1 atom stereocenters. The van der Waals surface area contributed by atoms with Gasteiger partial charge in [0.1, 0.15) is 15.6 Å². The third-order valence-electron chi connectivity index (χ3n) is 7.78. The summed E-state index contributed by atoms with van der Waals surface area (Å²) in [4.78, 5) is 25.4. The van der Waals surface area contributed by atoms with E-state index in [9.17, 15) is 13.2 Å². The van der Waals surface area contributed by atoms with Crippen LogP contribution in [-0.4, -0.2) is 84.0 Å². The van der Waals surface area contributed by atoms with Crippen LogP contribution in [0.4, 0.5) is 10.7 Å². The van der Waals surface area contributed by atoms with Gasteiger partial charge < -0.3 is 14.4 Å².